The highest BCUT2D eigenvalue weighted by molar-refractivity contribution is 5.86. The number of nitrogens with one attached hydrogen (secondary N) is 1. The van der Waals surface area contributed by atoms with E-state index in [1.807, 2.05) is 36.4 Å². The van der Waals surface area contributed by atoms with E-state index in [4.69, 9.17) is 0 Å². The van der Waals surface area contributed by atoms with Crippen LogP contribution in [-0.4, -0.2) is 17.0 Å². The van der Waals surface area contributed by atoms with Gasteiger partial charge < -0.3 is 10.4 Å². The molecule has 4 aliphatic carbocycles. The Bertz CT molecular complexity index is 639. The fourth-order valence-corrected chi connectivity index (χ4v) is 4.47. The van der Waals surface area contributed by atoms with E-state index in [0.717, 1.165) is 12.0 Å². The highest BCUT2D eigenvalue weighted by Crippen LogP contribution is 2.63. The number of rotatable bonds is 4. The van der Waals surface area contributed by atoms with Crippen molar-refractivity contribution in [3.8, 4) is 0 Å². The smallest absolute Gasteiger partial charge is 0.307 e. The molecule has 4 aliphatic rings. The van der Waals surface area contributed by atoms with Gasteiger partial charge in [-0.3, -0.25) is 9.59 Å². The van der Waals surface area contributed by atoms with Crippen molar-refractivity contribution in [2.45, 2.75) is 13.0 Å². The fraction of sp³-hybridized carbons (Fsp3) is 0.444. The zero-order chi connectivity index (χ0) is 15.3. The van der Waals surface area contributed by atoms with E-state index in [2.05, 4.69) is 11.4 Å². The molecule has 1 aromatic carbocycles. The molecular formula is C18H19NO3. The average molecular weight is 297 g/mol. The Labute approximate surface area is 129 Å². The summed E-state index contributed by atoms with van der Waals surface area (Å²) < 4.78 is 0. The molecule has 22 heavy (non-hydrogen) atoms. The number of benzene rings is 1. The van der Waals surface area contributed by atoms with Gasteiger partial charge >= 0.3 is 5.97 Å². The molecule has 2 N–H and O–H groups in total. The number of hydrogen-bond donors (Lipinski definition) is 2. The molecule has 1 amide bonds. The number of allylic oxidation sites excluding steroid dienone is 2. The molecule has 0 heterocycles. The van der Waals surface area contributed by atoms with Crippen molar-refractivity contribution < 1.29 is 14.7 Å². The summed E-state index contributed by atoms with van der Waals surface area (Å²) in [5.74, 6) is -0.751. The Kier molecular flexibility index (Phi) is 3.06. The van der Waals surface area contributed by atoms with Gasteiger partial charge in [0.2, 0.25) is 5.91 Å². The van der Waals surface area contributed by atoms with Gasteiger partial charge in [0.1, 0.15) is 0 Å². The summed E-state index contributed by atoms with van der Waals surface area (Å²) in [5, 5.41) is 12.5. The van der Waals surface area contributed by atoms with E-state index >= 15 is 0 Å². The van der Waals surface area contributed by atoms with Crippen molar-refractivity contribution in [2.75, 3.05) is 0 Å². The Balaban J connectivity index is 1.51. The third-order valence-electron chi connectivity index (χ3n) is 5.55. The Hall–Kier alpha value is -2.10. The average Bonchev–Trinajstić information content (AvgIpc) is 3.35. The van der Waals surface area contributed by atoms with Crippen LogP contribution in [0.15, 0.2) is 42.5 Å². The molecule has 0 aromatic heterocycles. The summed E-state index contributed by atoms with van der Waals surface area (Å²) in [4.78, 5) is 24.3. The molecule has 4 heteroatoms. The first-order valence-electron chi connectivity index (χ1n) is 7.89. The number of carboxylic acid groups (broad SMARTS) is 1. The van der Waals surface area contributed by atoms with Crippen LogP contribution in [0.2, 0.25) is 0 Å². The SMILES string of the molecule is O=C(O)[C@@H]1[C@H]2C=C[C@@H]([C@@H]3C[C@H]23)[C@@H]1C(=O)NCc1ccccc1. The first-order valence-corrected chi connectivity index (χ1v) is 7.89. The Morgan fingerprint density at radius 2 is 1.68 bits per heavy atom. The van der Waals surface area contributed by atoms with Crippen LogP contribution in [0.25, 0.3) is 0 Å². The van der Waals surface area contributed by atoms with Crippen LogP contribution in [0.5, 0.6) is 0 Å². The van der Waals surface area contributed by atoms with E-state index in [-0.39, 0.29) is 17.7 Å². The van der Waals surface area contributed by atoms with Gasteiger partial charge in [-0.25, -0.2) is 0 Å². The second-order valence-corrected chi connectivity index (χ2v) is 6.70. The van der Waals surface area contributed by atoms with Crippen LogP contribution in [0.4, 0.5) is 0 Å². The van der Waals surface area contributed by atoms with Crippen molar-refractivity contribution >= 4 is 11.9 Å². The molecule has 0 unspecified atom stereocenters. The first-order chi connectivity index (χ1) is 10.7. The standard InChI is InChI=1S/C18H19NO3/c20-17(19-9-10-4-2-1-3-5-10)15-11-6-7-12(14-8-13(11)14)16(15)18(21)22/h1-7,11-16H,8-9H2,(H,19,20)(H,21,22)/t11-,12-,13-,14+,15-,16+/m0/s1. The number of amides is 1. The summed E-state index contributed by atoms with van der Waals surface area (Å²) in [5.41, 5.74) is 1.03. The number of fused-ring (bicyclic) bond motifs is 1. The second-order valence-electron chi connectivity index (χ2n) is 6.70. The van der Waals surface area contributed by atoms with Gasteiger partial charge in [0, 0.05) is 6.54 Å². The number of carbonyl (C=O) groups is 2. The van der Waals surface area contributed by atoms with Crippen LogP contribution < -0.4 is 5.32 Å². The Morgan fingerprint density at radius 3 is 2.32 bits per heavy atom. The quantitative estimate of drug-likeness (QED) is 0.836. The summed E-state index contributed by atoms with van der Waals surface area (Å²) in [6.45, 7) is 0.456. The molecule has 2 saturated carbocycles. The Morgan fingerprint density at radius 1 is 1.05 bits per heavy atom. The third kappa shape index (κ3) is 2.05. The third-order valence-corrected chi connectivity index (χ3v) is 5.55. The molecular weight excluding hydrogens is 278 g/mol. The largest absolute Gasteiger partial charge is 0.481 e. The summed E-state index contributed by atoms with van der Waals surface area (Å²) in [6.07, 6.45) is 5.21. The minimum Gasteiger partial charge on any atom is -0.481 e. The molecule has 4 nitrogen and oxygen atoms in total. The molecule has 0 spiro atoms. The van der Waals surface area contributed by atoms with Gasteiger partial charge in [0.25, 0.3) is 0 Å². The lowest BCUT2D eigenvalue weighted by atomic mass is 9.62. The minimum absolute atomic E-state index is 0.0416. The van der Waals surface area contributed by atoms with Gasteiger partial charge in [-0.1, -0.05) is 42.5 Å². The molecule has 2 bridgehead atoms. The number of aliphatic carboxylic acids is 1. The molecule has 0 saturated heterocycles. The molecule has 0 radical (unpaired) electrons. The summed E-state index contributed by atoms with van der Waals surface area (Å²) >= 11 is 0. The van der Waals surface area contributed by atoms with Gasteiger partial charge in [-0.15, -0.1) is 0 Å². The minimum atomic E-state index is -0.829. The maximum absolute atomic E-state index is 12.6. The number of carboxylic acids is 1. The first kappa shape index (κ1) is 13.6. The number of hydrogen-bond acceptors (Lipinski definition) is 2. The monoisotopic (exact) mass is 297 g/mol. The van der Waals surface area contributed by atoms with E-state index < -0.39 is 17.8 Å². The number of carbonyl (C=O) groups excluding carboxylic acids is 1. The lowest BCUT2D eigenvalue weighted by Gasteiger charge is -2.41. The zero-order valence-corrected chi connectivity index (χ0v) is 12.2. The summed E-state index contributed by atoms with van der Waals surface area (Å²) in [6, 6.07) is 9.71. The topological polar surface area (TPSA) is 66.4 Å². The van der Waals surface area contributed by atoms with Crippen molar-refractivity contribution in [2.24, 2.45) is 35.5 Å². The van der Waals surface area contributed by atoms with Crippen LogP contribution in [0.1, 0.15) is 12.0 Å². The fourth-order valence-electron chi connectivity index (χ4n) is 4.47. The van der Waals surface area contributed by atoms with Crippen molar-refractivity contribution in [1.82, 2.24) is 5.32 Å². The second kappa shape index (κ2) is 4.97. The van der Waals surface area contributed by atoms with E-state index in [1.165, 1.54) is 0 Å². The van der Waals surface area contributed by atoms with E-state index in [0.29, 0.717) is 18.4 Å². The molecule has 5 rings (SSSR count). The van der Waals surface area contributed by atoms with Gasteiger partial charge in [-0.2, -0.15) is 0 Å². The van der Waals surface area contributed by atoms with Crippen LogP contribution in [0, 0.1) is 35.5 Å². The summed E-state index contributed by atoms with van der Waals surface area (Å²) in [7, 11) is 0. The highest BCUT2D eigenvalue weighted by atomic mass is 16.4. The van der Waals surface area contributed by atoms with Crippen LogP contribution in [0.3, 0.4) is 0 Å². The maximum Gasteiger partial charge on any atom is 0.307 e. The van der Waals surface area contributed by atoms with Gasteiger partial charge in [0.15, 0.2) is 0 Å². The normalized spacial score (nSPS) is 37.5. The van der Waals surface area contributed by atoms with Crippen molar-refractivity contribution in [3.05, 3.63) is 48.0 Å². The molecule has 1 aromatic rings. The van der Waals surface area contributed by atoms with Crippen LogP contribution >= 0.6 is 0 Å². The predicted molar refractivity (Wildman–Crippen MR) is 80.6 cm³/mol. The van der Waals surface area contributed by atoms with Gasteiger partial charge in [-0.05, 0) is 35.7 Å². The lowest BCUT2D eigenvalue weighted by molar-refractivity contribution is -0.153. The van der Waals surface area contributed by atoms with Crippen molar-refractivity contribution in [1.29, 1.82) is 0 Å². The molecule has 6 atom stereocenters. The van der Waals surface area contributed by atoms with E-state index in [1.54, 1.807) is 0 Å². The van der Waals surface area contributed by atoms with Gasteiger partial charge in [0.05, 0.1) is 11.8 Å². The molecule has 0 aliphatic heterocycles. The van der Waals surface area contributed by atoms with Crippen molar-refractivity contribution in [3.63, 3.8) is 0 Å². The maximum atomic E-state index is 12.6. The molecule has 2 fully saturated rings. The van der Waals surface area contributed by atoms with E-state index in [9.17, 15) is 14.7 Å². The predicted octanol–water partition coefficient (Wildman–Crippen LogP) is 2.07. The zero-order valence-electron chi connectivity index (χ0n) is 12.2. The highest BCUT2D eigenvalue weighted by Gasteiger charge is 2.62. The molecule has 114 valence electrons. The lowest BCUT2D eigenvalue weighted by Crippen LogP contribution is -2.49. The van der Waals surface area contributed by atoms with Crippen LogP contribution in [-0.2, 0) is 16.1 Å².